The number of aromatic nitrogens is 1. The van der Waals surface area contributed by atoms with E-state index in [4.69, 9.17) is 0 Å². The Bertz CT molecular complexity index is 1120. The minimum absolute atomic E-state index is 0.0633. The molecule has 4 N–H and O–H groups in total. The number of hydrogen-bond acceptors (Lipinski definition) is 5. The van der Waals surface area contributed by atoms with Crippen LogP contribution in [-0.2, 0) is 14.8 Å². The van der Waals surface area contributed by atoms with Gasteiger partial charge in [-0.2, -0.15) is 0 Å². The fraction of sp³-hybridized carbons (Fsp3) is 0.263. The van der Waals surface area contributed by atoms with Crippen LogP contribution in [0.15, 0.2) is 51.5 Å². The number of aliphatic carboxylic acids is 1. The van der Waals surface area contributed by atoms with Crippen LogP contribution in [-0.4, -0.2) is 41.8 Å². The van der Waals surface area contributed by atoms with Gasteiger partial charge < -0.3 is 15.2 Å². The number of rotatable bonds is 6. The number of hydrogen-bond donors (Lipinski definition) is 4. The zero-order valence-electron chi connectivity index (χ0n) is 15.4. The van der Waals surface area contributed by atoms with Crippen LogP contribution in [0.4, 0.5) is 0 Å². The van der Waals surface area contributed by atoms with E-state index in [1.807, 2.05) is 0 Å². The summed E-state index contributed by atoms with van der Waals surface area (Å²) in [5.41, 5.74) is 1.34. The molecule has 0 fully saturated rings. The molecule has 0 saturated carbocycles. The number of nitrogens with one attached hydrogen (secondary N) is 2. The molecule has 1 aromatic heterocycles. The van der Waals surface area contributed by atoms with Crippen LogP contribution in [0.3, 0.4) is 0 Å². The van der Waals surface area contributed by atoms with Crippen LogP contribution in [0.5, 0.6) is 5.88 Å². The molecule has 0 atom stereocenters. The van der Waals surface area contributed by atoms with Gasteiger partial charge in [-0.1, -0.05) is 6.08 Å². The van der Waals surface area contributed by atoms with Crippen molar-refractivity contribution in [3.8, 4) is 5.88 Å². The third kappa shape index (κ3) is 4.00. The normalized spacial score (nSPS) is 15.2. The number of aromatic amines is 1. The first-order chi connectivity index (χ1) is 13.2. The predicted octanol–water partition coefficient (Wildman–Crippen LogP) is 2.67. The van der Waals surface area contributed by atoms with Crippen molar-refractivity contribution in [3.05, 3.63) is 47.2 Å². The molecule has 1 aliphatic rings. The number of fused-ring (bicyclic) bond motifs is 1. The first-order valence-electron chi connectivity index (χ1n) is 8.73. The Kier molecular flexibility index (Phi) is 5.39. The summed E-state index contributed by atoms with van der Waals surface area (Å²) in [5, 5.41) is 20.0. The monoisotopic (exact) mass is 403 g/mol. The zero-order valence-corrected chi connectivity index (χ0v) is 16.2. The minimum Gasteiger partial charge on any atom is -0.494 e. The summed E-state index contributed by atoms with van der Waals surface area (Å²) in [6.07, 6.45) is 5.78. The summed E-state index contributed by atoms with van der Waals surface area (Å²) in [7, 11) is -3.70. The van der Waals surface area contributed by atoms with Crippen LogP contribution in [0, 0.1) is 0 Å². The van der Waals surface area contributed by atoms with Gasteiger partial charge in [-0.05, 0) is 51.0 Å². The number of aromatic hydroxyl groups is 1. The summed E-state index contributed by atoms with van der Waals surface area (Å²) < 4.78 is 27.4. The molecule has 9 heteroatoms. The Morgan fingerprint density at radius 2 is 2.11 bits per heavy atom. The topological polar surface area (TPSA) is 132 Å². The Hall–Kier alpha value is -2.91. The van der Waals surface area contributed by atoms with E-state index in [9.17, 15) is 23.4 Å². The number of nitrogens with zero attached hydrogens (tertiary/aromatic N) is 1. The highest BCUT2D eigenvalue weighted by Crippen LogP contribution is 2.29. The van der Waals surface area contributed by atoms with Crippen molar-refractivity contribution < 1.29 is 23.4 Å². The number of carboxylic acids is 1. The number of sulfonamides is 1. The van der Waals surface area contributed by atoms with Crippen molar-refractivity contribution in [3.63, 3.8) is 0 Å². The number of H-pyrrole nitrogens is 1. The van der Waals surface area contributed by atoms with Gasteiger partial charge in [-0.15, -0.1) is 0 Å². The molecule has 0 spiro atoms. The maximum absolute atomic E-state index is 12.4. The van der Waals surface area contributed by atoms with E-state index in [0.717, 1.165) is 0 Å². The molecule has 2 aromatic rings. The standard InChI is InChI=1S/C19H21N3O5S/c1-11(2)22-28(26,27)12-7-8-17-14(9-12)15(18(23)21-17)10-20-16-6-4-3-5-13(16)19(24)25/h3,5,7-11,21-23H,4,6H2,1-2H3,(H,24,25). The van der Waals surface area contributed by atoms with Crippen LogP contribution in [0.25, 0.3) is 10.9 Å². The first kappa shape index (κ1) is 19.8. The SMILES string of the molecule is CC(C)NS(=O)(=O)c1ccc2[nH]c(O)c(C=NC3=C(C(=O)O)C=CCC3)c2c1. The van der Waals surface area contributed by atoms with E-state index in [1.165, 1.54) is 24.4 Å². The van der Waals surface area contributed by atoms with Crippen molar-refractivity contribution in [1.29, 1.82) is 0 Å². The maximum Gasteiger partial charge on any atom is 0.337 e. The van der Waals surface area contributed by atoms with Gasteiger partial charge >= 0.3 is 5.97 Å². The second-order valence-corrected chi connectivity index (χ2v) is 8.45. The molecule has 1 aliphatic carbocycles. The molecule has 28 heavy (non-hydrogen) atoms. The Morgan fingerprint density at radius 1 is 1.36 bits per heavy atom. The van der Waals surface area contributed by atoms with Crippen LogP contribution < -0.4 is 4.72 Å². The molecule has 1 heterocycles. The quantitative estimate of drug-likeness (QED) is 0.551. The van der Waals surface area contributed by atoms with E-state index < -0.39 is 16.0 Å². The molecule has 3 rings (SSSR count). The van der Waals surface area contributed by atoms with E-state index >= 15 is 0 Å². The van der Waals surface area contributed by atoms with E-state index in [0.29, 0.717) is 35.0 Å². The maximum atomic E-state index is 12.4. The molecule has 8 nitrogen and oxygen atoms in total. The van der Waals surface area contributed by atoms with Gasteiger partial charge in [0.2, 0.25) is 10.0 Å². The van der Waals surface area contributed by atoms with E-state index in [1.54, 1.807) is 26.0 Å². The average Bonchev–Trinajstić information content (AvgIpc) is 2.93. The van der Waals surface area contributed by atoms with Crippen molar-refractivity contribution >= 4 is 33.1 Å². The molecule has 0 saturated heterocycles. The van der Waals surface area contributed by atoms with E-state index in [2.05, 4.69) is 14.7 Å². The van der Waals surface area contributed by atoms with Gasteiger partial charge in [0.05, 0.1) is 21.7 Å². The first-order valence-corrected chi connectivity index (χ1v) is 10.2. The van der Waals surface area contributed by atoms with Crippen molar-refractivity contribution in [2.24, 2.45) is 4.99 Å². The summed E-state index contributed by atoms with van der Waals surface area (Å²) >= 11 is 0. The van der Waals surface area contributed by atoms with Gasteiger partial charge in [0, 0.05) is 23.2 Å². The third-order valence-corrected chi connectivity index (χ3v) is 5.87. The Morgan fingerprint density at radius 3 is 2.79 bits per heavy atom. The molecule has 0 radical (unpaired) electrons. The van der Waals surface area contributed by atoms with Crippen LogP contribution >= 0.6 is 0 Å². The van der Waals surface area contributed by atoms with Gasteiger partial charge in [-0.25, -0.2) is 17.9 Å². The molecule has 0 amide bonds. The summed E-state index contributed by atoms with van der Waals surface area (Å²) in [6, 6.07) is 4.19. The lowest BCUT2D eigenvalue weighted by molar-refractivity contribution is -0.132. The summed E-state index contributed by atoms with van der Waals surface area (Å²) in [4.78, 5) is 18.4. The van der Waals surface area contributed by atoms with Gasteiger partial charge in [0.25, 0.3) is 0 Å². The number of aliphatic imine (C=N–C) groups is 1. The second-order valence-electron chi connectivity index (χ2n) is 6.74. The van der Waals surface area contributed by atoms with Crippen LogP contribution in [0.2, 0.25) is 0 Å². The number of benzene rings is 1. The van der Waals surface area contributed by atoms with Gasteiger partial charge in [0.1, 0.15) is 0 Å². The lowest BCUT2D eigenvalue weighted by Gasteiger charge is -2.10. The fourth-order valence-corrected chi connectivity index (χ4v) is 4.25. The molecular formula is C19H21N3O5S. The highest BCUT2D eigenvalue weighted by molar-refractivity contribution is 7.89. The van der Waals surface area contributed by atoms with Crippen molar-refractivity contribution in [2.75, 3.05) is 0 Å². The van der Waals surface area contributed by atoms with E-state index in [-0.39, 0.29) is 22.4 Å². The second kappa shape index (κ2) is 7.61. The minimum atomic E-state index is -3.70. The highest BCUT2D eigenvalue weighted by Gasteiger charge is 2.19. The average molecular weight is 403 g/mol. The lowest BCUT2D eigenvalue weighted by Crippen LogP contribution is -2.30. The van der Waals surface area contributed by atoms with Crippen LogP contribution in [0.1, 0.15) is 32.3 Å². The number of allylic oxidation sites excluding steroid dienone is 2. The molecule has 1 aromatic carbocycles. The number of carbonyl (C=O) groups is 1. The highest BCUT2D eigenvalue weighted by atomic mass is 32.2. The third-order valence-electron chi connectivity index (χ3n) is 4.21. The molecule has 0 bridgehead atoms. The molecular weight excluding hydrogens is 382 g/mol. The molecule has 148 valence electrons. The Labute approximate surface area is 162 Å². The Balaban J connectivity index is 2.06. The van der Waals surface area contributed by atoms with Gasteiger partial charge in [-0.3, -0.25) is 4.99 Å². The fourth-order valence-electron chi connectivity index (χ4n) is 2.98. The van der Waals surface area contributed by atoms with Gasteiger partial charge in [0.15, 0.2) is 5.88 Å². The summed E-state index contributed by atoms with van der Waals surface area (Å²) in [5.74, 6) is -1.24. The van der Waals surface area contributed by atoms with Crippen molar-refractivity contribution in [1.82, 2.24) is 9.71 Å². The summed E-state index contributed by atoms with van der Waals surface area (Å²) in [6.45, 7) is 3.45. The number of carboxylic acid groups (broad SMARTS) is 1. The smallest absolute Gasteiger partial charge is 0.337 e. The zero-order chi connectivity index (χ0) is 20.5. The van der Waals surface area contributed by atoms with Crippen molar-refractivity contribution in [2.45, 2.75) is 37.6 Å². The molecule has 0 aliphatic heterocycles. The molecule has 0 unspecified atom stereocenters. The predicted molar refractivity (Wildman–Crippen MR) is 106 cm³/mol. The lowest BCUT2D eigenvalue weighted by atomic mass is 10.0. The largest absolute Gasteiger partial charge is 0.494 e.